The monoisotopic (exact) mass is 972 g/mol. The second-order valence-electron chi connectivity index (χ2n) is 18.5. The Bertz CT molecular complexity index is 3760. The first-order valence-corrected chi connectivity index (χ1v) is 23.3. The van der Waals surface area contributed by atoms with Crippen LogP contribution in [0.5, 0.6) is 11.5 Å². The number of rotatable bonds is 9. The summed E-state index contributed by atoms with van der Waals surface area (Å²) in [5.41, 5.74) is 5.39. The molecule has 8 aromatic rings. The van der Waals surface area contributed by atoms with Gasteiger partial charge in [0.05, 0.1) is 39.3 Å². The van der Waals surface area contributed by atoms with Crippen molar-refractivity contribution >= 4 is 52.0 Å². The molecule has 0 radical (unpaired) electrons. The number of allylic oxidation sites excluding steroid dienone is 2. The zero-order valence-corrected chi connectivity index (χ0v) is 39.2. The van der Waals surface area contributed by atoms with Crippen LogP contribution in [0, 0.1) is 13.8 Å². The Balaban J connectivity index is 0.722. The van der Waals surface area contributed by atoms with E-state index in [1.54, 1.807) is 109 Å². The normalized spacial score (nSPS) is 17.0. The SMILES string of the molecule is Cc1ccc(-c2nc3ccc(C(C)(C4=CCC5OC(c6ccc(-c7ccc8c(c7)C(=O)N(c7ccc(Oc9ccc(N%10C(=O)c%11ccc(C)cc%11C%10=O)cc9)cc7)C8=O)cc6)=NC5=C4)C(F)(F)F)cc3o2)cc1. The lowest BCUT2D eigenvalue weighted by Gasteiger charge is -2.35. The number of benzene rings is 7. The third-order valence-electron chi connectivity index (χ3n) is 13.9. The summed E-state index contributed by atoms with van der Waals surface area (Å²) in [6, 6.07) is 42.4. The van der Waals surface area contributed by atoms with Crippen LogP contribution in [0.3, 0.4) is 0 Å². The average molecular weight is 973 g/mol. The Labute approximate surface area is 415 Å². The van der Waals surface area contributed by atoms with Crippen molar-refractivity contribution in [3.63, 3.8) is 0 Å². The molecule has 2 unspecified atom stereocenters. The van der Waals surface area contributed by atoms with Gasteiger partial charge >= 0.3 is 6.18 Å². The Morgan fingerprint density at radius 3 is 1.77 bits per heavy atom. The van der Waals surface area contributed by atoms with Gasteiger partial charge in [-0.3, -0.25) is 19.2 Å². The summed E-state index contributed by atoms with van der Waals surface area (Å²) >= 11 is 0. The minimum absolute atomic E-state index is 0.00620. The maximum atomic E-state index is 15.3. The van der Waals surface area contributed by atoms with E-state index >= 15 is 13.2 Å². The van der Waals surface area contributed by atoms with E-state index in [2.05, 4.69) is 9.98 Å². The number of anilines is 2. The molecule has 4 aliphatic rings. The first kappa shape index (κ1) is 45.0. The number of aryl methyl sites for hydroxylation is 2. The van der Waals surface area contributed by atoms with Gasteiger partial charge < -0.3 is 13.9 Å². The number of nitrogens with zero attached hydrogens (tertiary/aromatic N) is 4. The summed E-state index contributed by atoms with van der Waals surface area (Å²) in [4.78, 5) is 65.0. The van der Waals surface area contributed by atoms with Gasteiger partial charge in [-0.15, -0.1) is 0 Å². The van der Waals surface area contributed by atoms with Gasteiger partial charge in [-0.2, -0.15) is 13.2 Å². The molecule has 73 heavy (non-hydrogen) atoms. The number of fused-ring (bicyclic) bond motifs is 4. The molecule has 3 aliphatic heterocycles. The summed E-state index contributed by atoms with van der Waals surface area (Å²) in [5, 5.41) is 0. The third kappa shape index (κ3) is 7.52. The summed E-state index contributed by atoms with van der Waals surface area (Å²) in [7, 11) is 0. The minimum atomic E-state index is -4.68. The molecule has 0 fully saturated rings. The largest absolute Gasteiger partial charge is 0.467 e. The first-order chi connectivity index (χ1) is 35.1. The summed E-state index contributed by atoms with van der Waals surface area (Å²) in [6.07, 6.45) is -2.05. The molecule has 1 aromatic heterocycles. The number of aromatic nitrogens is 1. The lowest BCUT2D eigenvalue weighted by atomic mass is 9.73. The second kappa shape index (κ2) is 16.7. The molecule has 2 atom stereocenters. The molecule has 0 bridgehead atoms. The van der Waals surface area contributed by atoms with Crippen LogP contribution in [0.25, 0.3) is 33.7 Å². The van der Waals surface area contributed by atoms with Crippen LogP contribution in [0.2, 0.25) is 0 Å². The van der Waals surface area contributed by atoms with E-state index in [0.29, 0.717) is 62.2 Å². The molecule has 7 aromatic carbocycles. The van der Waals surface area contributed by atoms with E-state index in [1.165, 1.54) is 18.2 Å². The van der Waals surface area contributed by atoms with Gasteiger partial charge in [-0.25, -0.2) is 19.8 Å². The van der Waals surface area contributed by atoms with Crippen molar-refractivity contribution in [2.24, 2.45) is 4.99 Å². The number of carbonyl (C=O) groups is 4. The van der Waals surface area contributed by atoms with Gasteiger partial charge in [0.15, 0.2) is 5.58 Å². The van der Waals surface area contributed by atoms with Crippen LogP contribution >= 0.6 is 0 Å². The molecule has 4 amide bonds. The van der Waals surface area contributed by atoms with Gasteiger partial charge in [0.25, 0.3) is 23.6 Å². The van der Waals surface area contributed by atoms with Crippen molar-refractivity contribution in [3.05, 3.63) is 220 Å². The summed E-state index contributed by atoms with van der Waals surface area (Å²) in [6.45, 7) is 4.98. The number of alkyl halides is 3. The van der Waals surface area contributed by atoms with Gasteiger partial charge in [0.2, 0.25) is 11.8 Å². The van der Waals surface area contributed by atoms with Crippen LogP contribution < -0.4 is 14.5 Å². The summed E-state index contributed by atoms with van der Waals surface area (Å²) < 4.78 is 64.0. The zero-order valence-electron chi connectivity index (χ0n) is 39.2. The minimum Gasteiger partial charge on any atom is -0.467 e. The number of halogens is 3. The number of oxazole rings is 1. The van der Waals surface area contributed by atoms with Crippen molar-refractivity contribution in [2.45, 2.75) is 44.9 Å². The first-order valence-electron chi connectivity index (χ1n) is 23.3. The highest BCUT2D eigenvalue weighted by Gasteiger charge is 2.55. The van der Waals surface area contributed by atoms with E-state index in [0.717, 1.165) is 39.0 Å². The quantitative estimate of drug-likeness (QED) is 0.131. The number of carbonyl (C=O) groups excluding carboxylic acids is 4. The summed E-state index contributed by atoms with van der Waals surface area (Å²) in [5.74, 6) is -0.287. The van der Waals surface area contributed by atoms with E-state index in [4.69, 9.17) is 13.9 Å². The third-order valence-corrected chi connectivity index (χ3v) is 13.9. The number of hydrogen-bond donors (Lipinski definition) is 0. The van der Waals surface area contributed by atoms with Crippen LogP contribution in [0.15, 0.2) is 184 Å². The number of imide groups is 2. The molecule has 0 saturated carbocycles. The van der Waals surface area contributed by atoms with Crippen molar-refractivity contribution in [1.82, 2.24) is 4.98 Å². The topological polar surface area (TPSA) is 132 Å². The second-order valence-corrected chi connectivity index (χ2v) is 18.5. The predicted molar refractivity (Wildman–Crippen MR) is 268 cm³/mol. The van der Waals surface area contributed by atoms with Crippen LogP contribution in [0.1, 0.15) is 77.0 Å². The fraction of sp³-hybridized carbons (Fsp3) is 0.119. The molecular weight excluding hydrogens is 934 g/mol. The van der Waals surface area contributed by atoms with Crippen molar-refractivity contribution in [3.8, 4) is 34.1 Å². The molecule has 0 spiro atoms. The standard InChI is InChI=1S/C59H39F3N4O7/c1-32-4-7-35(8-5-32)52-63-48-26-14-39(31-51(48)73-52)58(3,59(60,61)62)38-15-27-50-49(30-38)64-53(72-50)36-11-9-34(10-12-36)37-13-25-45-47(29-37)57(70)66(55(45)68)41-18-22-43(23-19-41)71-42-20-16-40(17-21-42)65-54(67)44-24-6-33(2)28-46(44)56(65)69/h4-26,28-31,50H,27H2,1-3H3. The number of ether oxygens (including phenoxy) is 2. The highest BCUT2D eigenvalue weighted by Crippen LogP contribution is 2.50. The molecule has 14 heteroatoms. The van der Waals surface area contributed by atoms with Gasteiger partial charge in [-0.1, -0.05) is 59.7 Å². The van der Waals surface area contributed by atoms with Gasteiger partial charge in [0, 0.05) is 17.5 Å². The molecule has 358 valence electrons. The number of hydrogen-bond acceptors (Lipinski definition) is 9. The van der Waals surface area contributed by atoms with Crippen LogP contribution in [0.4, 0.5) is 24.5 Å². The van der Waals surface area contributed by atoms with Crippen LogP contribution in [-0.4, -0.2) is 46.8 Å². The van der Waals surface area contributed by atoms with E-state index < -0.39 is 35.4 Å². The van der Waals surface area contributed by atoms with E-state index in [-0.39, 0.29) is 46.1 Å². The van der Waals surface area contributed by atoms with Crippen LogP contribution in [-0.2, 0) is 10.2 Å². The molecule has 0 saturated heterocycles. The predicted octanol–water partition coefficient (Wildman–Crippen LogP) is 13.1. The lowest BCUT2D eigenvalue weighted by molar-refractivity contribution is -0.173. The smallest absolute Gasteiger partial charge is 0.402 e. The lowest BCUT2D eigenvalue weighted by Crippen LogP contribution is -2.41. The van der Waals surface area contributed by atoms with E-state index in [1.807, 2.05) is 50.2 Å². The molecule has 4 heterocycles. The average Bonchev–Trinajstić information content (AvgIpc) is 4.14. The Hall–Kier alpha value is -9.17. The fourth-order valence-corrected chi connectivity index (χ4v) is 9.70. The number of amides is 4. The fourth-order valence-electron chi connectivity index (χ4n) is 9.70. The zero-order chi connectivity index (χ0) is 50.5. The highest BCUT2D eigenvalue weighted by atomic mass is 19.4. The van der Waals surface area contributed by atoms with Crippen molar-refractivity contribution < 1.29 is 46.2 Å². The highest BCUT2D eigenvalue weighted by molar-refractivity contribution is 6.35. The molecule has 1 aliphatic carbocycles. The Kier molecular flexibility index (Phi) is 10.3. The molecule has 11 nitrogen and oxygen atoms in total. The van der Waals surface area contributed by atoms with Gasteiger partial charge in [-0.05, 0) is 158 Å². The molecular formula is C59H39F3N4O7. The number of aliphatic imine (C=N–C) groups is 1. The van der Waals surface area contributed by atoms with Crippen molar-refractivity contribution in [1.29, 1.82) is 0 Å². The Morgan fingerprint density at radius 1 is 0.589 bits per heavy atom. The maximum absolute atomic E-state index is 15.3. The molecule has 0 N–H and O–H groups in total. The van der Waals surface area contributed by atoms with E-state index in [9.17, 15) is 19.2 Å². The Morgan fingerprint density at radius 2 is 1.14 bits per heavy atom. The van der Waals surface area contributed by atoms with Crippen molar-refractivity contribution in [2.75, 3.05) is 9.80 Å². The van der Waals surface area contributed by atoms with Gasteiger partial charge in [0.1, 0.15) is 28.5 Å². The molecule has 12 rings (SSSR count). The maximum Gasteiger partial charge on any atom is 0.402 e.